The first-order valence-electron chi connectivity index (χ1n) is 10.8. The lowest BCUT2D eigenvalue weighted by atomic mass is 9.98. The molecule has 4 rings (SSSR count). The number of fused-ring (bicyclic) bond motifs is 1. The highest BCUT2D eigenvalue weighted by Gasteiger charge is 2.29. The fourth-order valence-electron chi connectivity index (χ4n) is 4.61. The van der Waals surface area contributed by atoms with Crippen LogP contribution in [0, 0.1) is 6.92 Å². The van der Waals surface area contributed by atoms with Crippen LogP contribution >= 0.6 is 0 Å². The predicted octanol–water partition coefficient (Wildman–Crippen LogP) is 4.15. The summed E-state index contributed by atoms with van der Waals surface area (Å²) in [5, 5.41) is 1.22. The first kappa shape index (κ1) is 21.4. The van der Waals surface area contributed by atoms with E-state index in [4.69, 9.17) is 9.47 Å². The average molecular weight is 422 g/mol. The molecule has 1 N–H and O–H groups in total. The number of aryl methyl sites for hydroxylation is 1. The number of methoxy groups -OCH3 is 2. The van der Waals surface area contributed by atoms with Crippen LogP contribution in [-0.4, -0.2) is 61.2 Å². The van der Waals surface area contributed by atoms with Gasteiger partial charge in [-0.2, -0.15) is 0 Å². The van der Waals surface area contributed by atoms with E-state index in [-0.39, 0.29) is 12.0 Å². The first-order valence-corrected chi connectivity index (χ1v) is 10.8. The number of carbonyl (C=O) groups excluding carboxylic acids is 1. The number of H-pyrrole nitrogens is 1. The van der Waals surface area contributed by atoms with E-state index in [0.717, 1.165) is 38.5 Å². The molecule has 1 fully saturated rings. The fraction of sp³-hybridized carbons (Fsp3) is 0.400. The van der Waals surface area contributed by atoms with E-state index in [2.05, 4.69) is 52.9 Å². The number of rotatable bonds is 6. The van der Waals surface area contributed by atoms with Gasteiger partial charge in [-0.15, -0.1) is 0 Å². The number of benzene rings is 2. The molecule has 0 saturated carbocycles. The van der Waals surface area contributed by atoms with Crippen molar-refractivity contribution in [2.45, 2.75) is 26.4 Å². The number of nitrogens with one attached hydrogen (secondary N) is 1. The van der Waals surface area contributed by atoms with Crippen molar-refractivity contribution in [3.8, 4) is 5.75 Å². The van der Waals surface area contributed by atoms with Gasteiger partial charge in [0, 0.05) is 54.9 Å². The van der Waals surface area contributed by atoms with Gasteiger partial charge in [0.2, 0.25) is 0 Å². The summed E-state index contributed by atoms with van der Waals surface area (Å²) in [5.41, 5.74) is 5.36. The van der Waals surface area contributed by atoms with Crippen molar-refractivity contribution in [3.63, 3.8) is 0 Å². The second-order valence-electron chi connectivity index (χ2n) is 8.13. The van der Waals surface area contributed by atoms with Crippen LogP contribution in [0.2, 0.25) is 0 Å². The largest absolute Gasteiger partial charge is 0.496 e. The molecule has 2 heterocycles. The third-order valence-corrected chi connectivity index (χ3v) is 6.43. The summed E-state index contributed by atoms with van der Waals surface area (Å²) in [4.78, 5) is 20.2. The number of nitrogens with zero attached hydrogens (tertiary/aromatic N) is 2. The standard InChI is InChI=1S/C25H31N3O3/c1-5-27-12-13-28(22(16-27)18-6-8-19(9-7-18)25(29)31-4)15-21-20-10-11-26-24(20)17(2)14-23(21)30-3/h6-11,14,22,26H,5,12-13,15-16H2,1-4H3. The van der Waals surface area contributed by atoms with Gasteiger partial charge in [-0.25, -0.2) is 4.79 Å². The summed E-state index contributed by atoms with van der Waals surface area (Å²) in [6.07, 6.45) is 2.00. The quantitative estimate of drug-likeness (QED) is 0.606. The van der Waals surface area contributed by atoms with Gasteiger partial charge >= 0.3 is 5.97 Å². The third-order valence-electron chi connectivity index (χ3n) is 6.43. The summed E-state index contributed by atoms with van der Waals surface area (Å²) in [5.74, 6) is 0.629. The maximum Gasteiger partial charge on any atom is 0.337 e. The second-order valence-corrected chi connectivity index (χ2v) is 8.13. The number of ether oxygens (including phenoxy) is 2. The molecule has 1 aromatic heterocycles. The summed E-state index contributed by atoms with van der Waals surface area (Å²) in [6.45, 7) is 9.12. The molecule has 1 atom stereocenters. The monoisotopic (exact) mass is 421 g/mol. The highest BCUT2D eigenvalue weighted by Crippen LogP contribution is 2.35. The maximum absolute atomic E-state index is 11.8. The van der Waals surface area contributed by atoms with Crippen molar-refractivity contribution in [1.82, 2.24) is 14.8 Å². The smallest absolute Gasteiger partial charge is 0.337 e. The molecule has 1 saturated heterocycles. The van der Waals surface area contributed by atoms with Crippen LogP contribution in [0.1, 0.15) is 40.0 Å². The summed E-state index contributed by atoms with van der Waals surface area (Å²) in [7, 11) is 3.16. The minimum Gasteiger partial charge on any atom is -0.496 e. The number of piperazine rings is 1. The Kier molecular flexibility index (Phi) is 6.30. The topological polar surface area (TPSA) is 57.8 Å². The van der Waals surface area contributed by atoms with E-state index in [1.165, 1.54) is 34.7 Å². The molecule has 6 nitrogen and oxygen atoms in total. The fourth-order valence-corrected chi connectivity index (χ4v) is 4.61. The number of hydrogen-bond donors (Lipinski definition) is 1. The van der Waals surface area contributed by atoms with Crippen LogP contribution in [0.5, 0.6) is 5.75 Å². The van der Waals surface area contributed by atoms with Crippen molar-refractivity contribution >= 4 is 16.9 Å². The molecule has 2 aromatic carbocycles. The van der Waals surface area contributed by atoms with Crippen LogP contribution in [0.25, 0.3) is 10.9 Å². The Morgan fingerprint density at radius 3 is 2.61 bits per heavy atom. The molecular formula is C25H31N3O3. The van der Waals surface area contributed by atoms with Crippen LogP contribution in [-0.2, 0) is 11.3 Å². The third kappa shape index (κ3) is 4.18. The normalized spacial score (nSPS) is 17.7. The maximum atomic E-state index is 11.8. The number of carbonyl (C=O) groups is 1. The number of hydrogen-bond acceptors (Lipinski definition) is 5. The predicted molar refractivity (Wildman–Crippen MR) is 123 cm³/mol. The van der Waals surface area contributed by atoms with Gasteiger partial charge in [0.15, 0.2) is 0 Å². The molecule has 0 radical (unpaired) electrons. The molecule has 3 aromatic rings. The minimum absolute atomic E-state index is 0.236. The molecular weight excluding hydrogens is 390 g/mol. The zero-order chi connectivity index (χ0) is 22.0. The van der Waals surface area contributed by atoms with Crippen molar-refractivity contribution in [1.29, 1.82) is 0 Å². The lowest BCUT2D eigenvalue weighted by Gasteiger charge is -2.41. The Morgan fingerprint density at radius 1 is 1.16 bits per heavy atom. The molecule has 1 aliphatic rings. The molecule has 0 amide bonds. The molecule has 31 heavy (non-hydrogen) atoms. The Labute approximate surface area is 183 Å². The lowest BCUT2D eigenvalue weighted by Crippen LogP contribution is -2.47. The molecule has 0 bridgehead atoms. The Balaban J connectivity index is 1.68. The Hall–Kier alpha value is -2.83. The van der Waals surface area contributed by atoms with E-state index < -0.39 is 0 Å². The van der Waals surface area contributed by atoms with Crippen molar-refractivity contribution in [3.05, 3.63) is 64.8 Å². The zero-order valence-corrected chi connectivity index (χ0v) is 18.8. The summed E-state index contributed by atoms with van der Waals surface area (Å²) >= 11 is 0. The number of esters is 1. The van der Waals surface area contributed by atoms with E-state index in [0.29, 0.717) is 5.56 Å². The SMILES string of the molecule is CCN1CCN(Cc2c(OC)cc(C)c3[nH]ccc23)C(c2ccc(C(=O)OC)cc2)C1. The minimum atomic E-state index is -0.304. The van der Waals surface area contributed by atoms with Crippen molar-refractivity contribution < 1.29 is 14.3 Å². The van der Waals surface area contributed by atoms with Gasteiger partial charge in [0.05, 0.1) is 19.8 Å². The van der Waals surface area contributed by atoms with Crippen LogP contribution in [0.3, 0.4) is 0 Å². The van der Waals surface area contributed by atoms with Gasteiger partial charge in [-0.3, -0.25) is 4.90 Å². The number of aromatic nitrogens is 1. The van der Waals surface area contributed by atoms with E-state index in [1.807, 2.05) is 18.3 Å². The number of aromatic amines is 1. The molecule has 0 aliphatic carbocycles. The van der Waals surface area contributed by atoms with E-state index >= 15 is 0 Å². The molecule has 6 heteroatoms. The van der Waals surface area contributed by atoms with Gasteiger partial charge in [-0.1, -0.05) is 19.1 Å². The zero-order valence-electron chi connectivity index (χ0n) is 18.8. The number of likely N-dealkylation sites (N-methyl/N-ethyl adjacent to an activating group) is 1. The van der Waals surface area contributed by atoms with Crippen molar-refractivity contribution in [2.75, 3.05) is 40.4 Å². The molecule has 0 spiro atoms. The van der Waals surface area contributed by atoms with Gasteiger partial charge in [0.1, 0.15) is 5.75 Å². The second kappa shape index (κ2) is 9.12. The van der Waals surface area contributed by atoms with E-state index in [9.17, 15) is 4.79 Å². The first-order chi connectivity index (χ1) is 15.0. The highest BCUT2D eigenvalue weighted by atomic mass is 16.5. The Morgan fingerprint density at radius 2 is 1.94 bits per heavy atom. The highest BCUT2D eigenvalue weighted by molar-refractivity contribution is 5.89. The molecule has 164 valence electrons. The van der Waals surface area contributed by atoms with Crippen LogP contribution < -0.4 is 4.74 Å². The van der Waals surface area contributed by atoms with Crippen LogP contribution in [0.15, 0.2) is 42.6 Å². The van der Waals surface area contributed by atoms with E-state index in [1.54, 1.807) is 7.11 Å². The van der Waals surface area contributed by atoms with Crippen molar-refractivity contribution in [2.24, 2.45) is 0 Å². The summed E-state index contributed by atoms with van der Waals surface area (Å²) in [6, 6.07) is 12.3. The van der Waals surface area contributed by atoms with Gasteiger partial charge in [-0.05, 0) is 48.9 Å². The molecule has 1 unspecified atom stereocenters. The van der Waals surface area contributed by atoms with Gasteiger partial charge in [0.25, 0.3) is 0 Å². The van der Waals surface area contributed by atoms with Crippen LogP contribution in [0.4, 0.5) is 0 Å². The van der Waals surface area contributed by atoms with Gasteiger partial charge < -0.3 is 19.4 Å². The lowest BCUT2D eigenvalue weighted by molar-refractivity contribution is 0.0600. The summed E-state index contributed by atoms with van der Waals surface area (Å²) < 4.78 is 10.6. The Bertz CT molecular complexity index is 1060. The molecule has 1 aliphatic heterocycles. The average Bonchev–Trinajstić information content (AvgIpc) is 3.31.